The van der Waals surface area contributed by atoms with Gasteiger partial charge in [0, 0.05) is 24.8 Å². The first-order valence-corrected chi connectivity index (χ1v) is 7.33. The van der Waals surface area contributed by atoms with E-state index < -0.39 is 0 Å². The van der Waals surface area contributed by atoms with Crippen molar-refractivity contribution in [1.82, 2.24) is 9.88 Å². The molecule has 0 saturated heterocycles. The number of rotatable bonds is 6. The number of nitrogens with zero attached hydrogens (tertiary/aromatic N) is 2. The largest absolute Gasteiger partial charge is 0.369 e. The lowest BCUT2D eigenvalue weighted by molar-refractivity contribution is 0.289. The highest BCUT2D eigenvalue weighted by molar-refractivity contribution is 5.40. The van der Waals surface area contributed by atoms with Crippen molar-refractivity contribution < 1.29 is 0 Å². The van der Waals surface area contributed by atoms with Crippen molar-refractivity contribution in [2.75, 3.05) is 25.0 Å². The zero-order valence-corrected chi connectivity index (χ0v) is 11.3. The number of hydrogen-bond donors (Lipinski definition) is 1. The van der Waals surface area contributed by atoms with E-state index in [2.05, 4.69) is 29.3 Å². The third-order valence-electron chi connectivity index (χ3n) is 4.10. The summed E-state index contributed by atoms with van der Waals surface area (Å²) < 4.78 is 0. The summed E-state index contributed by atoms with van der Waals surface area (Å²) in [6.45, 7) is 5.58. The van der Waals surface area contributed by atoms with Crippen molar-refractivity contribution >= 4 is 5.82 Å². The van der Waals surface area contributed by atoms with Gasteiger partial charge in [0.1, 0.15) is 5.82 Å². The quantitative estimate of drug-likeness (QED) is 0.834. The van der Waals surface area contributed by atoms with Crippen molar-refractivity contribution in [2.45, 2.75) is 45.1 Å². The molecule has 1 heterocycles. The van der Waals surface area contributed by atoms with E-state index in [1.165, 1.54) is 43.5 Å². The molecular weight excluding hydrogens is 222 g/mol. The van der Waals surface area contributed by atoms with Crippen LogP contribution >= 0.6 is 0 Å². The summed E-state index contributed by atoms with van der Waals surface area (Å²) in [5, 5.41) is 3.47. The third-order valence-corrected chi connectivity index (χ3v) is 4.10. The Labute approximate surface area is 110 Å². The van der Waals surface area contributed by atoms with Crippen molar-refractivity contribution in [3.63, 3.8) is 0 Å². The van der Waals surface area contributed by atoms with Crippen molar-refractivity contribution in [3.05, 3.63) is 23.4 Å². The topological polar surface area (TPSA) is 28.2 Å². The lowest BCUT2D eigenvalue weighted by Gasteiger charge is -2.20. The van der Waals surface area contributed by atoms with Gasteiger partial charge in [0.25, 0.3) is 0 Å². The summed E-state index contributed by atoms with van der Waals surface area (Å²) in [5.41, 5.74) is 2.77. The zero-order valence-electron chi connectivity index (χ0n) is 11.3. The van der Waals surface area contributed by atoms with Crippen LogP contribution in [0.1, 0.15) is 37.4 Å². The maximum Gasteiger partial charge on any atom is 0.126 e. The molecule has 1 fully saturated rings. The SMILES string of the molecule is CCN(CCNc1ccc2c(n1)CCC2)C1CC1. The van der Waals surface area contributed by atoms with E-state index in [0.29, 0.717) is 0 Å². The Kier molecular flexibility index (Phi) is 3.50. The third kappa shape index (κ3) is 2.66. The van der Waals surface area contributed by atoms with Crippen LogP contribution in [0.4, 0.5) is 5.82 Å². The van der Waals surface area contributed by atoms with E-state index in [0.717, 1.165) is 31.4 Å². The second-order valence-electron chi connectivity index (χ2n) is 5.44. The molecule has 0 bridgehead atoms. The van der Waals surface area contributed by atoms with Gasteiger partial charge in [-0.2, -0.15) is 0 Å². The van der Waals surface area contributed by atoms with Gasteiger partial charge < -0.3 is 5.32 Å². The average molecular weight is 245 g/mol. The molecule has 0 spiro atoms. The molecule has 18 heavy (non-hydrogen) atoms. The predicted octanol–water partition coefficient (Wildman–Crippen LogP) is 2.47. The summed E-state index contributed by atoms with van der Waals surface area (Å²) >= 11 is 0. The molecule has 0 unspecified atom stereocenters. The number of pyridine rings is 1. The van der Waals surface area contributed by atoms with Gasteiger partial charge in [-0.05, 0) is 50.3 Å². The van der Waals surface area contributed by atoms with Crippen LogP contribution in [-0.2, 0) is 12.8 Å². The van der Waals surface area contributed by atoms with Crippen LogP contribution in [0.5, 0.6) is 0 Å². The number of fused-ring (bicyclic) bond motifs is 1. The minimum absolute atomic E-state index is 0.866. The van der Waals surface area contributed by atoms with Gasteiger partial charge in [0.05, 0.1) is 0 Å². The second kappa shape index (κ2) is 5.27. The molecule has 1 aromatic heterocycles. The van der Waals surface area contributed by atoms with Gasteiger partial charge in [0.2, 0.25) is 0 Å². The van der Waals surface area contributed by atoms with E-state index in [1.54, 1.807) is 0 Å². The van der Waals surface area contributed by atoms with Crippen LogP contribution in [-0.4, -0.2) is 35.6 Å². The fourth-order valence-corrected chi connectivity index (χ4v) is 2.89. The van der Waals surface area contributed by atoms with Crippen molar-refractivity contribution in [3.8, 4) is 0 Å². The molecule has 3 heteroatoms. The van der Waals surface area contributed by atoms with Gasteiger partial charge in [0.15, 0.2) is 0 Å². The molecule has 1 aromatic rings. The first-order valence-electron chi connectivity index (χ1n) is 7.33. The monoisotopic (exact) mass is 245 g/mol. The molecule has 98 valence electrons. The van der Waals surface area contributed by atoms with E-state index >= 15 is 0 Å². The van der Waals surface area contributed by atoms with Gasteiger partial charge in [-0.25, -0.2) is 4.98 Å². The van der Waals surface area contributed by atoms with Crippen LogP contribution in [0.2, 0.25) is 0 Å². The highest BCUT2D eigenvalue weighted by atomic mass is 15.2. The molecular formula is C15H23N3. The Morgan fingerprint density at radius 2 is 2.22 bits per heavy atom. The molecule has 0 atom stereocenters. The number of anilines is 1. The Bertz CT molecular complexity index is 412. The Morgan fingerprint density at radius 1 is 1.33 bits per heavy atom. The number of hydrogen-bond acceptors (Lipinski definition) is 3. The first-order chi connectivity index (χ1) is 8.86. The zero-order chi connectivity index (χ0) is 12.4. The Morgan fingerprint density at radius 3 is 3.00 bits per heavy atom. The van der Waals surface area contributed by atoms with Crippen LogP contribution in [0.25, 0.3) is 0 Å². The predicted molar refractivity (Wildman–Crippen MR) is 75.0 cm³/mol. The fraction of sp³-hybridized carbons (Fsp3) is 0.667. The molecule has 2 aliphatic carbocycles. The van der Waals surface area contributed by atoms with Crippen molar-refractivity contribution in [1.29, 1.82) is 0 Å². The molecule has 0 radical (unpaired) electrons. The van der Waals surface area contributed by atoms with Gasteiger partial charge >= 0.3 is 0 Å². The standard InChI is InChI=1S/C15H23N3/c1-2-18(13-7-8-13)11-10-16-15-9-6-12-4-3-5-14(12)17-15/h6,9,13H,2-5,7-8,10-11H2,1H3,(H,16,17). The minimum Gasteiger partial charge on any atom is -0.369 e. The molecule has 0 aliphatic heterocycles. The number of likely N-dealkylation sites (N-methyl/N-ethyl adjacent to an activating group) is 1. The Balaban J connectivity index is 1.50. The normalized spacial score (nSPS) is 18.1. The molecule has 1 saturated carbocycles. The fourth-order valence-electron chi connectivity index (χ4n) is 2.89. The Hall–Kier alpha value is -1.09. The van der Waals surface area contributed by atoms with Crippen LogP contribution in [0.15, 0.2) is 12.1 Å². The van der Waals surface area contributed by atoms with Gasteiger partial charge in [-0.15, -0.1) is 0 Å². The molecule has 0 aromatic carbocycles. The minimum atomic E-state index is 0.866. The smallest absolute Gasteiger partial charge is 0.126 e. The van der Waals surface area contributed by atoms with Crippen LogP contribution in [0.3, 0.4) is 0 Å². The van der Waals surface area contributed by atoms with Crippen molar-refractivity contribution in [2.24, 2.45) is 0 Å². The van der Waals surface area contributed by atoms with Gasteiger partial charge in [-0.3, -0.25) is 4.90 Å². The number of aryl methyl sites for hydroxylation is 2. The number of nitrogens with one attached hydrogen (secondary N) is 1. The molecule has 1 N–H and O–H groups in total. The lowest BCUT2D eigenvalue weighted by Crippen LogP contribution is -2.31. The summed E-state index contributed by atoms with van der Waals surface area (Å²) in [5.74, 6) is 1.06. The van der Waals surface area contributed by atoms with Crippen LogP contribution < -0.4 is 5.32 Å². The number of aromatic nitrogens is 1. The summed E-state index contributed by atoms with van der Waals surface area (Å²) in [7, 11) is 0. The highest BCUT2D eigenvalue weighted by Crippen LogP contribution is 2.26. The summed E-state index contributed by atoms with van der Waals surface area (Å²) in [6, 6.07) is 5.25. The summed E-state index contributed by atoms with van der Waals surface area (Å²) in [6.07, 6.45) is 6.44. The highest BCUT2D eigenvalue weighted by Gasteiger charge is 2.27. The first kappa shape index (κ1) is 12.0. The van der Waals surface area contributed by atoms with E-state index in [9.17, 15) is 0 Å². The van der Waals surface area contributed by atoms with E-state index in [-0.39, 0.29) is 0 Å². The molecule has 0 amide bonds. The summed E-state index contributed by atoms with van der Waals surface area (Å²) in [4.78, 5) is 7.28. The van der Waals surface area contributed by atoms with E-state index in [4.69, 9.17) is 4.98 Å². The van der Waals surface area contributed by atoms with Gasteiger partial charge in [-0.1, -0.05) is 13.0 Å². The average Bonchev–Trinajstić information content (AvgIpc) is 3.12. The molecule has 3 nitrogen and oxygen atoms in total. The van der Waals surface area contributed by atoms with E-state index in [1.807, 2.05) is 0 Å². The molecule has 3 rings (SSSR count). The lowest BCUT2D eigenvalue weighted by atomic mass is 10.2. The maximum absolute atomic E-state index is 4.71. The second-order valence-corrected chi connectivity index (χ2v) is 5.44. The van der Waals surface area contributed by atoms with Crippen LogP contribution in [0, 0.1) is 0 Å². The maximum atomic E-state index is 4.71. The molecule has 2 aliphatic rings.